The van der Waals surface area contributed by atoms with Crippen LogP contribution in [0.3, 0.4) is 0 Å². The lowest BCUT2D eigenvalue weighted by Gasteiger charge is -2.26. The Kier molecular flexibility index (Phi) is 16.5. The van der Waals surface area contributed by atoms with E-state index in [9.17, 15) is 9.90 Å². The summed E-state index contributed by atoms with van der Waals surface area (Å²) < 4.78 is 0.631. The highest BCUT2D eigenvalue weighted by Gasteiger charge is 2.21. The van der Waals surface area contributed by atoms with Crippen molar-refractivity contribution >= 4 is 5.78 Å². The van der Waals surface area contributed by atoms with Gasteiger partial charge < -0.3 is 9.59 Å². The highest BCUT2D eigenvalue weighted by atomic mass is 16.3. The first-order valence-electron chi connectivity index (χ1n) is 11.4. The predicted molar refractivity (Wildman–Crippen MR) is 113 cm³/mol. The number of aliphatic hydroxyl groups is 1. The van der Waals surface area contributed by atoms with E-state index in [2.05, 4.69) is 6.92 Å². The van der Waals surface area contributed by atoms with Crippen LogP contribution in [0.1, 0.15) is 110 Å². The molecule has 0 fully saturated rings. The average Bonchev–Trinajstić information content (AvgIpc) is 2.56. The molecule has 0 aromatic carbocycles. The summed E-state index contributed by atoms with van der Waals surface area (Å²) in [7, 11) is 6.01. The van der Waals surface area contributed by atoms with Crippen LogP contribution in [-0.4, -0.2) is 49.2 Å². The Labute approximate surface area is 164 Å². The van der Waals surface area contributed by atoms with Crippen molar-refractivity contribution in [2.24, 2.45) is 0 Å². The predicted octanol–water partition coefficient (Wildman–Crippen LogP) is 5.88. The van der Waals surface area contributed by atoms with Gasteiger partial charge in [0.25, 0.3) is 0 Å². The number of aliphatic hydroxyl groups excluding tert-OH is 1. The minimum absolute atomic E-state index is 0.0211. The summed E-state index contributed by atoms with van der Waals surface area (Å²) in [5.41, 5.74) is 0. The van der Waals surface area contributed by atoms with Crippen LogP contribution >= 0.6 is 0 Å². The van der Waals surface area contributed by atoms with E-state index in [0.29, 0.717) is 17.4 Å². The van der Waals surface area contributed by atoms with Gasteiger partial charge in [-0.2, -0.15) is 0 Å². The number of carbonyl (C=O) groups excluding carboxylic acids is 1. The van der Waals surface area contributed by atoms with E-state index < -0.39 is 6.10 Å². The summed E-state index contributed by atoms with van der Waals surface area (Å²) in [5, 5.41) is 9.90. The molecule has 0 heterocycles. The molecule has 0 aliphatic carbocycles. The smallest absolute Gasteiger partial charge is 0.167 e. The summed E-state index contributed by atoms with van der Waals surface area (Å²) in [5.74, 6) is 0.0211. The summed E-state index contributed by atoms with van der Waals surface area (Å²) in [6.45, 7) is 2.79. The monoisotopic (exact) mass is 370 g/mol. The van der Waals surface area contributed by atoms with Crippen LogP contribution < -0.4 is 0 Å². The van der Waals surface area contributed by atoms with Crippen LogP contribution in [0.15, 0.2) is 0 Å². The minimum atomic E-state index is -0.790. The normalized spacial score (nSPS) is 13.1. The number of Topliss-reactive ketones (excluding diaryl/α,β-unsaturated/α-hetero) is 1. The Balaban J connectivity index is 3.28. The fourth-order valence-electron chi connectivity index (χ4n) is 3.46. The molecular weight excluding hydrogens is 322 g/mol. The van der Waals surface area contributed by atoms with Crippen molar-refractivity contribution in [2.45, 2.75) is 116 Å². The van der Waals surface area contributed by atoms with Crippen LogP contribution in [-0.2, 0) is 4.79 Å². The summed E-state index contributed by atoms with van der Waals surface area (Å²) in [4.78, 5) is 11.9. The number of hydrogen-bond donors (Lipinski definition) is 1. The van der Waals surface area contributed by atoms with Crippen molar-refractivity contribution in [1.29, 1.82) is 0 Å². The third-order valence-corrected chi connectivity index (χ3v) is 5.12. The van der Waals surface area contributed by atoms with E-state index in [0.717, 1.165) is 12.8 Å². The number of likely N-dealkylation sites (N-methyl/N-ethyl adjacent to an activating group) is 1. The lowest BCUT2D eigenvalue weighted by atomic mass is 10.0. The molecule has 0 amide bonds. The zero-order chi connectivity index (χ0) is 19.7. The van der Waals surface area contributed by atoms with Crippen LogP contribution in [0.4, 0.5) is 0 Å². The molecule has 1 atom stereocenters. The van der Waals surface area contributed by atoms with Crippen molar-refractivity contribution in [3.63, 3.8) is 0 Å². The Morgan fingerprint density at radius 2 is 1.04 bits per heavy atom. The number of hydrogen-bond acceptors (Lipinski definition) is 2. The Morgan fingerprint density at radius 3 is 1.38 bits per heavy atom. The molecule has 3 heteroatoms. The molecule has 0 aliphatic heterocycles. The van der Waals surface area contributed by atoms with Gasteiger partial charge in [0.2, 0.25) is 0 Å². The molecule has 0 spiro atoms. The molecule has 0 saturated heterocycles. The fourth-order valence-corrected chi connectivity index (χ4v) is 3.46. The number of carbonyl (C=O) groups is 1. The molecule has 0 saturated carbocycles. The molecule has 26 heavy (non-hydrogen) atoms. The van der Waals surface area contributed by atoms with Gasteiger partial charge in [0, 0.05) is 6.42 Å². The molecule has 156 valence electrons. The fraction of sp³-hybridized carbons (Fsp3) is 0.957. The van der Waals surface area contributed by atoms with Crippen molar-refractivity contribution in [2.75, 3.05) is 27.7 Å². The SMILES string of the molecule is CCCCCCCCCCCCCCCCCC(=O)C(O)C[N+](C)(C)C. The van der Waals surface area contributed by atoms with Crippen LogP contribution in [0.2, 0.25) is 0 Å². The van der Waals surface area contributed by atoms with Gasteiger partial charge in [0.15, 0.2) is 11.9 Å². The number of ketones is 1. The molecule has 3 nitrogen and oxygen atoms in total. The molecular formula is C23H48NO2+. The van der Waals surface area contributed by atoms with Gasteiger partial charge in [0.1, 0.15) is 6.54 Å². The van der Waals surface area contributed by atoms with Crippen molar-refractivity contribution in [1.82, 2.24) is 0 Å². The van der Waals surface area contributed by atoms with E-state index >= 15 is 0 Å². The molecule has 0 aliphatic rings. The van der Waals surface area contributed by atoms with Crippen LogP contribution in [0.25, 0.3) is 0 Å². The molecule has 1 N–H and O–H groups in total. The quantitative estimate of drug-likeness (QED) is 0.227. The second kappa shape index (κ2) is 16.7. The molecule has 0 bridgehead atoms. The van der Waals surface area contributed by atoms with Gasteiger partial charge in [-0.1, -0.05) is 96.8 Å². The zero-order valence-electron chi connectivity index (χ0n) is 18.4. The Morgan fingerprint density at radius 1 is 0.692 bits per heavy atom. The van der Waals surface area contributed by atoms with Gasteiger partial charge in [-0.05, 0) is 6.42 Å². The number of rotatable bonds is 19. The van der Waals surface area contributed by atoms with Crippen LogP contribution in [0, 0.1) is 0 Å². The maximum absolute atomic E-state index is 11.9. The van der Waals surface area contributed by atoms with Gasteiger partial charge in [0.05, 0.1) is 21.1 Å². The topological polar surface area (TPSA) is 37.3 Å². The third-order valence-electron chi connectivity index (χ3n) is 5.12. The van der Waals surface area contributed by atoms with E-state index in [4.69, 9.17) is 0 Å². The second-order valence-electron chi connectivity index (χ2n) is 9.15. The highest BCUT2D eigenvalue weighted by molar-refractivity contribution is 5.82. The van der Waals surface area contributed by atoms with Gasteiger partial charge in [-0.25, -0.2) is 0 Å². The zero-order valence-corrected chi connectivity index (χ0v) is 18.4. The van der Waals surface area contributed by atoms with E-state index in [-0.39, 0.29) is 5.78 Å². The lowest BCUT2D eigenvalue weighted by molar-refractivity contribution is -0.872. The van der Waals surface area contributed by atoms with Gasteiger partial charge >= 0.3 is 0 Å². The average molecular weight is 371 g/mol. The largest absolute Gasteiger partial charge is 0.380 e. The minimum Gasteiger partial charge on any atom is -0.380 e. The summed E-state index contributed by atoms with van der Waals surface area (Å²) in [6, 6.07) is 0. The first-order chi connectivity index (χ1) is 12.4. The van der Waals surface area contributed by atoms with Crippen molar-refractivity contribution < 1.29 is 14.4 Å². The summed E-state index contributed by atoms with van der Waals surface area (Å²) in [6.07, 6.45) is 19.8. The third kappa shape index (κ3) is 18.4. The van der Waals surface area contributed by atoms with E-state index in [1.165, 1.54) is 83.5 Å². The first kappa shape index (κ1) is 25.6. The first-order valence-corrected chi connectivity index (χ1v) is 11.4. The van der Waals surface area contributed by atoms with Gasteiger partial charge in [-0.3, -0.25) is 4.79 Å². The second-order valence-corrected chi connectivity index (χ2v) is 9.15. The highest BCUT2D eigenvalue weighted by Crippen LogP contribution is 2.14. The van der Waals surface area contributed by atoms with Gasteiger partial charge in [-0.15, -0.1) is 0 Å². The molecule has 0 radical (unpaired) electrons. The molecule has 0 rings (SSSR count). The molecule has 0 aromatic heterocycles. The van der Waals surface area contributed by atoms with Crippen molar-refractivity contribution in [3.8, 4) is 0 Å². The number of nitrogens with zero attached hydrogens (tertiary/aromatic N) is 1. The summed E-state index contributed by atoms with van der Waals surface area (Å²) >= 11 is 0. The molecule has 0 aromatic rings. The van der Waals surface area contributed by atoms with E-state index in [1.54, 1.807) is 0 Å². The maximum atomic E-state index is 11.9. The Hall–Kier alpha value is -0.410. The van der Waals surface area contributed by atoms with E-state index in [1.807, 2.05) is 21.1 Å². The standard InChI is InChI=1S/C23H48NO2/c1-5-6-7-8-9-10-11-12-13-14-15-16-17-18-19-20-22(25)23(26)21-24(2,3)4/h23,26H,5-21H2,1-4H3/q+1. The number of unbranched alkanes of at least 4 members (excludes halogenated alkanes) is 14. The van der Waals surface area contributed by atoms with Crippen LogP contribution in [0.5, 0.6) is 0 Å². The maximum Gasteiger partial charge on any atom is 0.167 e. The molecule has 1 unspecified atom stereocenters. The Bertz CT molecular complexity index is 323. The van der Waals surface area contributed by atoms with Crippen molar-refractivity contribution in [3.05, 3.63) is 0 Å². The number of quaternary nitrogens is 1. The lowest BCUT2D eigenvalue weighted by Crippen LogP contribution is -2.44.